The second-order valence-corrected chi connectivity index (χ2v) is 7.85. The molecule has 1 saturated heterocycles. The number of hydrogen-bond acceptors (Lipinski definition) is 5. The third-order valence-electron chi connectivity index (χ3n) is 4.46. The van der Waals surface area contributed by atoms with Crippen molar-refractivity contribution >= 4 is 28.9 Å². The summed E-state index contributed by atoms with van der Waals surface area (Å²) in [5, 5.41) is 8.56. The number of piperazine rings is 1. The minimum Gasteiger partial charge on any atom is -0.357 e. The average Bonchev–Trinajstić information content (AvgIpc) is 3.19. The van der Waals surface area contributed by atoms with Crippen LogP contribution < -0.4 is 10.2 Å². The second-order valence-electron chi connectivity index (χ2n) is 6.57. The van der Waals surface area contributed by atoms with E-state index in [4.69, 9.17) is 4.99 Å². The van der Waals surface area contributed by atoms with E-state index in [9.17, 15) is 4.79 Å². The number of aromatic nitrogens is 3. The number of nitrogens with zero attached hydrogens (tertiary/aromatic N) is 6. The second kappa shape index (κ2) is 8.51. The molecule has 0 aromatic carbocycles. The number of guanidine groups is 1. The molecule has 1 amide bonds. The normalized spacial score (nSPS) is 15.6. The third-order valence-corrected chi connectivity index (χ3v) is 5.59. The van der Waals surface area contributed by atoms with Crippen molar-refractivity contribution in [3.05, 3.63) is 28.0 Å². The highest BCUT2D eigenvalue weighted by Gasteiger charge is 2.27. The number of carbonyl (C=O) groups excluding carboxylic acids is 1. The number of nitrogens with one attached hydrogen (secondary N) is 1. The Morgan fingerprint density at radius 3 is 2.78 bits per heavy atom. The molecule has 1 aliphatic heterocycles. The highest BCUT2D eigenvalue weighted by molar-refractivity contribution is 7.11. The minimum atomic E-state index is 0.0637. The number of hydrogen-bond donors (Lipinski definition) is 1. The summed E-state index contributed by atoms with van der Waals surface area (Å²) in [5.41, 5.74) is 1.94. The van der Waals surface area contributed by atoms with Crippen LogP contribution in [-0.4, -0.2) is 64.3 Å². The lowest BCUT2D eigenvalue weighted by Gasteiger charge is -2.35. The van der Waals surface area contributed by atoms with Gasteiger partial charge in [-0.3, -0.25) is 14.5 Å². The fraction of sp³-hybridized carbons (Fsp3) is 0.556. The van der Waals surface area contributed by atoms with Crippen molar-refractivity contribution in [2.24, 2.45) is 12.0 Å². The average molecular weight is 390 g/mol. The van der Waals surface area contributed by atoms with Crippen LogP contribution in [-0.2, 0) is 18.3 Å². The van der Waals surface area contributed by atoms with E-state index < -0.39 is 0 Å². The first-order chi connectivity index (χ1) is 13.0. The summed E-state index contributed by atoms with van der Waals surface area (Å²) in [5.74, 6) is 0.865. The summed E-state index contributed by atoms with van der Waals surface area (Å²) < 4.78 is 1.71. The lowest BCUT2D eigenvalue weighted by atomic mass is 10.3. The topological polar surface area (TPSA) is 78.7 Å². The van der Waals surface area contributed by atoms with Gasteiger partial charge in [0.05, 0.1) is 22.6 Å². The summed E-state index contributed by atoms with van der Waals surface area (Å²) >= 11 is 1.73. The van der Waals surface area contributed by atoms with Gasteiger partial charge in [-0.25, -0.2) is 4.98 Å². The molecule has 146 valence electrons. The first-order valence-electron chi connectivity index (χ1n) is 9.23. The SMILES string of the molecule is CCNC(=NCCc1sc(C)nc1C)N1CCN(c2cnn(C)c2)C(=O)C1. The molecule has 0 bridgehead atoms. The Hall–Kier alpha value is -2.42. The van der Waals surface area contributed by atoms with E-state index in [1.54, 1.807) is 27.1 Å². The Labute approximate surface area is 163 Å². The van der Waals surface area contributed by atoms with Gasteiger partial charge >= 0.3 is 0 Å². The highest BCUT2D eigenvalue weighted by atomic mass is 32.1. The Balaban J connectivity index is 1.63. The Bertz CT molecular complexity index is 826. The van der Waals surface area contributed by atoms with Crippen LogP contribution in [0, 0.1) is 13.8 Å². The monoisotopic (exact) mass is 389 g/mol. The first-order valence-corrected chi connectivity index (χ1v) is 10.0. The van der Waals surface area contributed by atoms with Gasteiger partial charge in [0, 0.05) is 50.7 Å². The molecule has 2 aromatic rings. The van der Waals surface area contributed by atoms with Crippen molar-refractivity contribution in [1.29, 1.82) is 0 Å². The third kappa shape index (κ3) is 4.65. The van der Waals surface area contributed by atoms with Crippen LogP contribution in [0.2, 0.25) is 0 Å². The molecule has 1 N–H and O–H groups in total. The summed E-state index contributed by atoms with van der Waals surface area (Å²) in [7, 11) is 1.85. The zero-order valence-corrected chi connectivity index (χ0v) is 17.2. The number of aliphatic imine (C=N–C) groups is 1. The van der Waals surface area contributed by atoms with Crippen LogP contribution >= 0.6 is 11.3 Å². The van der Waals surface area contributed by atoms with Crippen molar-refractivity contribution in [3.63, 3.8) is 0 Å². The van der Waals surface area contributed by atoms with Gasteiger partial charge in [-0.05, 0) is 20.8 Å². The largest absolute Gasteiger partial charge is 0.357 e. The molecule has 0 atom stereocenters. The number of carbonyl (C=O) groups is 1. The molecule has 1 fully saturated rings. The summed E-state index contributed by atoms with van der Waals surface area (Å²) in [6.45, 7) is 9.26. The van der Waals surface area contributed by atoms with Gasteiger partial charge in [0.15, 0.2) is 5.96 Å². The molecule has 0 aliphatic carbocycles. The van der Waals surface area contributed by atoms with Gasteiger partial charge in [0.1, 0.15) is 6.54 Å². The van der Waals surface area contributed by atoms with Gasteiger partial charge in [-0.15, -0.1) is 11.3 Å². The first kappa shape index (κ1) is 19.3. The van der Waals surface area contributed by atoms with Crippen LogP contribution in [0.3, 0.4) is 0 Å². The van der Waals surface area contributed by atoms with Gasteiger partial charge < -0.3 is 15.1 Å². The maximum Gasteiger partial charge on any atom is 0.246 e. The number of rotatable bonds is 5. The van der Waals surface area contributed by atoms with Crippen LogP contribution in [0.5, 0.6) is 0 Å². The fourth-order valence-electron chi connectivity index (χ4n) is 3.17. The molecule has 9 heteroatoms. The van der Waals surface area contributed by atoms with Crippen molar-refractivity contribution in [1.82, 2.24) is 25.0 Å². The van der Waals surface area contributed by atoms with Gasteiger partial charge in [-0.2, -0.15) is 5.10 Å². The standard InChI is InChI=1S/C18H27N7OS/c1-5-19-18(20-7-6-16-13(2)22-14(3)27-16)24-8-9-25(17(26)12-24)15-10-21-23(4)11-15/h10-11H,5-9,12H2,1-4H3,(H,19,20). The van der Waals surface area contributed by atoms with Gasteiger partial charge in [-0.1, -0.05) is 0 Å². The molecule has 3 rings (SSSR count). The molecule has 0 spiro atoms. The molecular weight excluding hydrogens is 362 g/mol. The highest BCUT2D eigenvalue weighted by Crippen LogP contribution is 2.18. The van der Waals surface area contributed by atoms with E-state index in [0.717, 1.165) is 41.9 Å². The van der Waals surface area contributed by atoms with E-state index in [1.165, 1.54) is 4.88 Å². The number of aryl methyl sites for hydroxylation is 3. The molecule has 0 radical (unpaired) electrons. The predicted molar refractivity (Wildman–Crippen MR) is 108 cm³/mol. The quantitative estimate of drug-likeness (QED) is 0.617. The maximum atomic E-state index is 12.6. The maximum absolute atomic E-state index is 12.6. The van der Waals surface area contributed by atoms with Crippen LogP contribution in [0.1, 0.15) is 22.5 Å². The molecule has 27 heavy (non-hydrogen) atoms. The summed E-state index contributed by atoms with van der Waals surface area (Å²) in [6, 6.07) is 0. The van der Waals surface area contributed by atoms with E-state index in [2.05, 4.69) is 15.4 Å². The zero-order valence-electron chi connectivity index (χ0n) is 16.4. The smallest absolute Gasteiger partial charge is 0.246 e. The molecule has 2 aromatic heterocycles. The van der Waals surface area contributed by atoms with Crippen LogP contribution in [0.15, 0.2) is 17.4 Å². The lowest BCUT2D eigenvalue weighted by Crippen LogP contribution is -2.55. The number of thiazole rings is 1. The number of amides is 1. The van der Waals surface area contributed by atoms with Crippen LogP contribution in [0.25, 0.3) is 0 Å². The minimum absolute atomic E-state index is 0.0637. The number of anilines is 1. The Morgan fingerprint density at radius 1 is 1.37 bits per heavy atom. The van der Waals surface area contributed by atoms with Crippen molar-refractivity contribution in [2.75, 3.05) is 37.6 Å². The van der Waals surface area contributed by atoms with Gasteiger partial charge in [0.2, 0.25) is 5.91 Å². The predicted octanol–water partition coefficient (Wildman–Crippen LogP) is 1.35. The van der Waals surface area contributed by atoms with Crippen molar-refractivity contribution in [2.45, 2.75) is 27.2 Å². The van der Waals surface area contributed by atoms with E-state index in [-0.39, 0.29) is 5.91 Å². The van der Waals surface area contributed by atoms with Crippen molar-refractivity contribution < 1.29 is 4.79 Å². The van der Waals surface area contributed by atoms with E-state index in [1.807, 2.05) is 38.9 Å². The van der Waals surface area contributed by atoms with Crippen molar-refractivity contribution in [3.8, 4) is 0 Å². The Morgan fingerprint density at radius 2 is 2.19 bits per heavy atom. The molecule has 1 aliphatic rings. The van der Waals surface area contributed by atoms with E-state index in [0.29, 0.717) is 19.6 Å². The molecule has 8 nitrogen and oxygen atoms in total. The molecule has 0 unspecified atom stereocenters. The fourth-order valence-corrected chi connectivity index (χ4v) is 4.10. The van der Waals surface area contributed by atoms with Crippen LogP contribution in [0.4, 0.5) is 5.69 Å². The lowest BCUT2D eigenvalue weighted by molar-refractivity contribution is -0.120. The Kier molecular flexibility index (Phi) is 6.10. The molecular formula is C18H27N7OS. The van der Waals surface area contributed by atoms with Gasteiger partial charge in [0.25, 0.3) is 0 Å². The summed E-state index contributed by atoms with van der Waals surface area (Å²) in [6.07, 6.45) is 4.47. The molecule has 3 heterocycles. The summed E-state index contributed by atoms with van der Waals surface area (Å²) in [4.78, 5) is 26.9. The molecule has 0 saturated carbocycles. The van der Waals surface area contributed by atoms with E-state index >= 15 is 0 Å². The zero-order chi connectivity index (χ0) is 19.4.